The highest BCUT2D eigenvalue weighted by Gasteiger charge is 2.16. The summed E-state index contributed by atoms with van der Waals surface area (Å²) in [7, 11) is 0. The van der Waals surface area contributed by atoms with Crippen molar-refractivity contribution in [2.75, 3.05) is 5.32 Å². The Balaban J connectivity index is 0.000000728. The highest BCUT2D eigenvalue weighted by Crippen LogP contribution is 2.18. The van der Waals surface area contributed by atoms with Crippen LogP contribution in [0.3, 0.4) is 0 Å². The van der Waals surface area contributed by atoms with E-state index in [1.165, 1.54) is 29.4 Å². The Morgan fingerprint density at radius 1 is 0.970 bits per heavy atom. The molecule has 0 radical (unpaired) electrons. The zero-order valence-corrected chi connectivity index (χ0v) is 19.0. The summed E-state index contributed by atoms with van der Waals surface area (Å²) in [6.45, 7) is 8.18. The van der Waals surface area contributed by atoms with Crippen molar-refractivity contribution < 1.29 is 4.39 Å². The average molecular weight is 448 g/mol. The van der Waals surface area contributed by atoms with E-state index in [9.17, 15) is 9.18 Å². The number of nitrogens with zero attached hydrogens (tertiary/aromatic N) is 5. The standard InChI is InChI=1S/C20H14FN7O.2C2H6/c21-13-7-4-8-14-16(13)20(29)28(12-5-2-1-3-6-12)15(27-14)9-22-18-17-19(24-10-23-17)26-11-25-18;2*1-2/h1-8,10-11H,9H2,(H2,22,23,24,25,26);2*1-2H3. The number of para-hydroxylation sites is 1. The maximum atomic E-state index is 14.4. The molecule has 170 valence electrons. The molecular formula is C24H26FN7O. The van der Waals surface area contributed by atoms with Crippen LogP contribution in [0.4, 0.5) is 10.2 Å². The van der Waals surface area contributed by atoms with Gasteiger partial charge in [0.2, 0.25) is 0 Å². The van der Waals surface area contributed by atoms with Crippen molar-refractivity contribution in [2.45, 2.75) is 34.2 Å². The lowest BCUT2D eigenvalue weighted by Gasteiger charge is -2.15. The quantitative estimate of drug-likeness (QED) is 0.408. The molecule has 0 bridgehead atoms. The molecule has 3 aromatic heterocycles. The van der Waals surface area contributed by atoms with Crippen molar-refractivity contribution in [3.63, 3.8) is 0 Å². The van der Waals surface area contributed by atoms with E-state index in [4.69, 9.17) is 0 Å². The molecule has 0 amide bonds. The third kappa shape index (κ3) is 4.72. The van der Waals surface area contributed by atoms with Gasteiger partial charge < -0.3 is 10.3 Å². The van der Waals surface area contributed by atoms with Gasteiger partial charge >= 0.3 is 0 Å². The fraction of sp³-hybridized carbons (Fsp3) is 0.208. The minimum Gasteiger partial charge on any atom is -0.361 e. The van der Waals surface area contributed by atoms with Crippen LogP contribution in [-0.4, -0.2) is 29.5 Å². The number of anilines is 1. The summed E-state index contributed by atoms with van der Waals surface area (Å²) in [4.78, 5) is 33.1. The summed E-state index contributed by atoms with van der Waals surface area (Å²) in [6, 6.07) is 13.4. The number of H-pyrrole nitrogens is 1. The van der Waals surface area contributed by atoms with E-state index in [2.05, 4.69) is 30.2 Å². The lowest BCUT2D eigenvalue weighted by atomic mass is 10.2. The molecule has 0 aliphatic carbocycles. The Morgan fingerprint density at radius 2 is 1.73 bits per heavy atom. The Kier molecular flexibility index (Phi) is 7.80. The van der Waals surface area contributed by atoms with Crippen LogP contribution in [0.5, 0.6) is 0 Å². The summed E-state index contributed by atoms with van der Waals surface area (Å²) >= 11 is 0. The van der Waals surface area contributed by atoms with Crippen LogP contribution < -0.4 is 10.9 Å². The van der Waals surface area contributed by atoms with Crippen molar-refractivity contribution in [2.24, 2.45) is 0 Å². The summed E-state index contributed by atoms with van der Waals surface area (Å²) in [5, 5.41) is 3.12. The van der Waals surface area contributed by atoms with Crippen LogP contribution in [0.1, 0.15) is 33.5 Å². The minimum atomic E-state index is -0.598. The largest absolute Gasteiger partial charge is 0.361 e. The molecule has 0 fully saturated rings. The van der Waals surface area contributed by atoms with Gasteiger partial charge in [0, 0.05) is 0 Å². The normalized spacial score (nSPS) is 10.2. The van der Waals surface area contributed by atoms with E-state index in [0.717, 1.165) is 0 Å². The molecule has 0 aliphatic heterocycles. The van der Waals surface area contributed by atoms with Crippen molar-refractivity contribution in [1.29, 1.82) is 0 Å². The van der Waals surface area contributed by atoms with Gasteiger partial charge in [-0.25, -0.2) is 24.3 Å². The van der Waals surface area contributed by atoms with Gasteiger partial charge in [-0.2, -0.15) is 0 Å². The summed E-state index contributed by atoms with van der Waals surface area (Å²) in [5.41, 5.74) is 1.60. The second-order valence-corrected chi connectivity index (χ2v) is 6.32. The van der Waals surface area contributed by atoms with Crippen LogP contribution in [0, 0.1) is 5.82 Å². The van der Waals surface area contributed by atoms with Crippen LogP contribution in [-0.2, 0) is 6.54 Å². The van der Waals surface area contributed by atoms with Gasteiger partial charge in [-0.15, -0.1) is 0 Å². The van der Waals surface area contributed by atoms with E-state index >= 15 is 0 Å². The van der Waals surface area contributed by atoms with E-state index in [-0.39, 0.29) is 11.9 Å². The molecule has 0 unspecified atom stereocenters. The molecule has 2 aromatic carbocycles. The Morgan fingerprint density at radius 3 is 2.48 bits per heavy atom. The fourth-order valence-corrected chi connectivity index (χ4v) is 3.26. The smallest absolute Gasteiger partial charge is 0.269 e. The molecule has 0 aliphatic rings. The Bertz CT molecular complexity index is 1400. The molecule has 2 N–H and O–H groups in total. The number of benzene rings is 2. The van der Waals surface area contributed by atoms with Gasteiger partial charge in [0.1, 0.15) is 28.9 Å². The second-order valence-electron chi connectivity index (χ2n) is 6.32. The molecular weight excluding hydrogens is 421 g/mol. The zero-order valence-electron chi connectivity index (χ0n) is 19.0. The molecule has 5 rings (SSSR count). The molecule has 9 heteroatoms. The lowest BCUT2D eigenvalue weighted by molar-refractivity contribution is 0.636. The summed E-state index contributed by atoms with van der Waals surface area (Å²) < 4.78 is 15.8. The third-order valence-electron chi connectivity index (χ3n) is 4.57. The first-order valence-corrected chi connectivity index (χ1v) is 10.9. The molecule has 0 saturated heterocycles. The fourth-order valence-electron chi connectivity index (χ4n) is 3.26. The second kappa shape index (κ2) is 10.9. The number of hydrogen-bond acceptors (Lipinski definition) is 6. The van der Waals surface area contributed by atoms with Gasteiger partial charge in [0.25, 0.3) is 5.56 Å². The minimum absolute atomic E-state index is 0.0434. The molecule has 5 aromatic rings. The predicted octanol–water partition coefficient (Wildman–Crippen LogP) is 4.86. The monoisotopic (exact) mass is 447 g/mol. The zero-order chi connectivity index (χ0) is 23.8. The van der Waals surface area contributed by atoms with Gasteiger partial charge in [0.05, 0.1) is 24.1 Å². The molecule has 0 spiro atoms. The van der Waals surface area contributed by atoms with Crippen LogP contribution in [0.2, 0.25) is 0 Å². The molecule has 33 heavy (non-hydrogen) atoms. The highest BCUT2D eigenvalue weighted by atomic mass is 19.1. The molecule has 3 heterocycles. The average Bonchev–Trinajstić information content (AvgIpc) is 3.35. The number of imidazole rings is 1. The van der Waals surface area contributed by atoms with E-state index < -0.39 is 11.4 Å². The highest BCUT2D eigenvalue weighted by molar-refractivity contribution is 5.82. The Labute approximate surface area is 190 Å². The number of aromatic nitrogens is 6. The number of nitrogens with one attached hydrogen (secondary N) is 2. The predicted molar refractivity (Wildman–Crippen MR) is 129 cm³/mol. The van der Waals surface area contributed by atoms with Crippen molar-refractivity contribution in [1.82, 2.24) is 29.5 Å². The first kappa shape index (κ1) is 23.5. The lowest BCUT2D eigenvalue weighted by Crippen LogP contribution is -2.26. The first-order valence-electron chi connectivity index (χ1n) is 10.9. The van der Waals surface area contributed by atoms with Crippen molar-refractivity contribution >= 4 is 27.9 Å². The Hall–Kier alpha value is -4.14. The third-order valence-corrected chi connectivity index (χ3v) is 4.57. The van der Waals surface area contributed by atoms with Crippen LogP contribution in [0.15, 0.2) is 66.0 Å². The van der Waals surface area contributed by atoms with Gasteiger partial charge in [-0.1, -0.05) is 52.0 Å². The maximum absolute atomic E-state index is 14.4. The van der Waals surface area contributed by atoms with Crippen molar-refractivity contribution in [3.8, 4) is 5.69 Å². The molecule has 0 atom stereocenters. The topological polar surface area (TPSA) is 101 Å². The number of aromatic amines is 1. The van der Waals surface area contributed by atoms with Crippen LogP contribution in [0.25, 0.3) is 27.8 Å². The number of rotatable bonds is 4. The van der Waals surface area contributed by atoms with E-state index in [1.54, 1.807) is 18.2 Å². The number of halogens is 1. The van der Waals surface area contributed by atoms with Crippen LogP contribution >= 0.6 is 0 Å². The molecule has 0 saturated carbocycles. The summed E-state index contributed by atoms with van der Waals surface area (Å²) in [5.74, 6) is 0.352. The SMILES string of the molecule is CC.CC.O=c1c2c(F)cccc2nc(CNc2ncnc3nc[nH]c23)n1-c1ccccc1. The van der Waals surface area contributed by atoms with E-state index in [0.29, 0.717) is 34.0 Å². The van der Waals surface area contributed by atoms with Crippen molar-refractivity contribution in [3.05, 3.63) is 83.2 Å². The van der Waals surface area contributed by atoms with Gasteiger partial charge in [0.15, 0.2) is 11.5 Å². The number of fused-ring (bicyclic) bond motifs is 2. The van der Waals surface area contributed by atoms with Gasteiger partial charge in [-0.3, -0.25) is 9.36 Å². The van der Waals surface area contributed by atoms with E-state index in [1.807, 2.05) is 45.9 Å². The van der Waals surface area contributed by atoms with Gasteiger partial charge in [-0.05, 0) is 24.3 Å². The summed E-state index contributed by atoms with van der Waals surface area (Å²) in [6.07, 6.45) is 2.93. The maximum Gasteiger partial charge on any atom is 0.269 e. The molecule has 8 nitrogen and oxygen atoms in total. The number of hydrogen-bond donors (Lipinski definition) is 2. The first-order chi connectivity index (χ1) is 16.2.